The van der Waals surface area contributed by atoms with E-state index >= 15 is 0 Å². The van der Waals surface area contributed by atoms with Gasteiger partial charge in [0.15, 0.2) is 0 Å². The Bertz CT molecular complexity index is 648. The van der Waals surface area contributed by atoms with E-state index in [9.17, 15) is 4.79 Å². The normalized spacial score (nSPS) is 17.2. The van der Waals surface area contributed by atoms with Gasteiger partial charge in [-0.2, -0.15) is 0 Å². The summed E-state index contributed by atoms with van der Waals surface area (Å²) >= 11 is 1.61. The first-order valence-corrected chi connectivity index (χ1v) is 8.62. The number of benzene rings is 1. The highest BCUT2D eigenvalue weighted by Gasteiger charge is 2.22. The summed E-state index contributed by atoms with van der Waals surface area (Å²) in [6.07, 6.45) is 2.25. The number of nitrogens with one attached hydrogen (secondary N) is 1. The lowest BCUT2D eigenvalue weighted by atomic mass is 10.2. The van der Waals surface area contributed by atoms with Crippen molar-refractivity contribution in [3.8, 4) is 16.3 Å². The molecule has 1 unspecified atom stereocenters. The third-order valence-electron chi connectivity index (χ3n) is 3.79. The second-order valence-corrected chi connectivity index (χ2v) is 6.27. The highest BCUT2D eigenvalue weighted by Crippen LogP contribution is 2.25. The minimum Gasteiger partial charge on any atom is -0.497 e. The third-order valence-corrected chi connectivity index (χ3v) is 4.73. The number of hydrogen-bond donors (Lipinski definition) is 1. The van der Waals surface area contributed by atoms with Gasteiger partial charge < -0.3 is 14.8 Å². The minimum atomic E-state index is -0.264. The van der Waals surface area contributed by atoms with Gasteiger partial charge in [-0.25, -0.2) is 4.98 Å². The van der Waals surface area contributed by atoms with E-state index in [2.05, 4.69) is 10.3 Å². The number of nitrogens with zero attached hydrogens (tertiary/aromatic N) is 1. The van der Waals surface area contributed by atoms with Crippen LogP contribution in [0.5, 0.6) is 5.75 Å². The van der Waals surface area contributed by atoms with E-state index in [1.54, 1.807) is 18.4 Å². The van der Waals surface area contributed by atoms with Crippen molar-refractivity contribution in [3.05, 3.63) is 35.3 Å². The fraction of sp³-hybridized carbons (Fsp3) is 0.412. The van der Waals surface area contributed by atoms with Crippen molar-refractivity contribution in [3.63, 3.8) is 0 Å². The van der Waals surface area contributed by atoms with Crippen LogP contribution >= 0.6 is 11.3 Å². The van der Waals surface area contributed by atoms with Crippen molar-refractivity contribution in [1.82, 2.24) is 10.3 Å². The molecule has 1 atom stereocenters. The van der Waals surface area contributed by atoms with Crippen molar-refractivity contribution >= 4 is 17.2 Å². The van der Waals surface area contributed by atoms with Gasteiger partial charge in [-0.15, -0.1) is 11.3 Å². The van der Waals surface area contributed by atoms with E-state index in [1.165, 1.54) is 0 Å². The van der Waals surface area contributed by atoms with Crippen LogP contribution in [0.2, 0.25) is 0 Å². The smallest absolute Gasteiger partial charge is 0.249 e. The van der Waals surface area contributed by atoms with Crippen LogP contribution in [0.3, 0.4) is 0 Å². The fourth-order valence-corrected chi connectivity index (χ4v) is 3.36. The molecule has 5 nitrogen and oxygen atoms in total. The summed E-state index contributed by atoms with van der Waals surface area (Å²) < 4.78 is 10.5. The summed E-state index contributed by atoms with van der Waals surface area (Å²) in [5, 5.41) is 5.94. The van der Waals surface area contributed by atoms with Gasteiger partial charge in [0.25, 0.3) is 0 Å². The van der Waals surface area contributed by atoms with Gasteiger partial charge in [0, 0.05) is 30.5 Å². The summed E-state index contributed by atoms with van der Waals surface area (Å²) in [6, 6.07) is 7.86. The molecule has 6 heteroatoms. The van der Waals surface area contributed by atoms with Crippen LogP contribution in [0.25, 0.3) is 10.6 Å². The Hall–Kier alpha value is -1.92. The van der Waals surface area contributed by atoms with Crippen molar-refractivity contribution in [2.24, 2.45) is 0 Å². The Morgan fingerprint density at radius 2 is 2.26 bits per heavy atom. The van der Waals surface area contributed by atoms with Crippen molar-refractivity contribution in [1.29, 1.82) is 0 Å². The summed E-state index contributed by atoms with van der Waals surface area (Å²) in [7, 11) is 1.65. The molecule has 1 aromatic carbocycles. The molecule has 2 aromatic rings. The van der Waals surface area contributed by atoms with Crippen LogP contribution in [0.15, 0.2) is 29.6 Å². The second kappa shape index (κ2) is 7.57. The molecule has 1 N–H and O–H groups in total. The molecular formula is C17H20N2O3S. The van der Waals surface area contributed by atoms with E-state index in [0.717, 1.165) is 41.3 Å². The van der Waals surface area contributed by atoms with Gasteiger partial charge >= 0.3 is 0 Å². The van der Waals surface area contributed by atoms with Crippen LogP contribution in [-0.2, 0) is 16.0 Å². The first-order valence-electron chi connectivity index (χ1n) is 7.74. The van der Waals surface area contributed by atoms with Crippen LogP contribution in [0, 0.1) is 0 Å². The van der Waals surface area contributed by atoms with Gasteiger partial charge in [0.1, 0.15) is 16.9 Å². The lowest BCUT2D eigenvalue weighted by Gasteiger charge is -2.09. The lowest BCUT2D eigenvalue weighted by Crippen LogP contribution is -2.35. The van der Waals surface area contributed by atoms with E-state index in [0.29, 0.717) is 13.2 Å². The maximum Gasteiger partial charge on any atom is 0.249 e. The summed E-state index contributed by atoms with van der Waals surface area (Å²) in [5.74, 6) is 0.829. The molecule has 0 spiro atoms. The predicted molar refractivity (Wildman–Crippen MR) is 89.8 cm³/mol. The monoisotopic (exact) mass is 332 g/mol. The van der Waals surface area contributed by atoms with Crippen LogP contribution < -0.4 is 10.1 Å². The maximum absolute atomic E-state index is 11.9. The van der Waals surface area contributed by atoms with Crippen molar-refractivity contribution in [2.45, 2.75) is 25.4 Å². The molecule has 1 amide bonds. The summed E-state index contributed by atoms with van der Waals surface area (Å²) in [5.41, 5.74) is 2.07. The molecule has 1 aliphatic heterocycles. The largest absolute Gasteiger partial charge is 0.497 e. The zero-order chi connectivity index (χ0) is 16.1. The zero-order valence-electron chi connectivity index (χ0n) is 13.1. The van der Waals surface area contributed by atoms with E-state index < -0.39 is 0 Å². The van der Waals surface area contributed by atoms with Crippen LogP contribution in [0.4, 0.5) is 0 Å². The van der Waals surface area contributed by atoms with E-state index in [4.69, 9.17) is 9.47 Å². The number of carbonyl (C=O) groups is 1. The minimum absolute atomic E-state index is 0.00638. The van der Waals surface area contributed by atoms with Gasteiger partial charge in [0.2, 0.25) is 5.91 Å². The average Bonchev–Trinajstić information content (AvgIpc) is 3.27. The maximum atomic E-state index is 11.9. The summed E-state index contributed by atoms with van der Waals surface area (Å²) in [6.45, 7) is 1.28. The zero-order valence-corrected chi connectivity index (χ0v) is 13.9. The van der Waals surface area contributed by atoms with Crippen LogP contribution in [-0.4, -0.2) is 37.3 Å². The standard InChI is InChI=1S/C17H20N2O3S/c1-21-14-6-4-12(5-7-14)17-19-13(11-23-17)8-9-18-16(20)15-3-2-10-22-15/h4-7,11,15H,2-3,8-10H2,1H3,(H,18,20). The summed E-state index contributed by atoms with van der Waals surface area (Å²) in [4.78, 5) is 16.5. The Kier molecular flexibility index (Phi) is 5.25. The molecule has 0 radical (unpaired) electrons. The number of hydrogen-bond acceptors (Lipinski definition) is 5. The molecule has 2 heterocycles. The Labute approximate surface area is 139 Å². The number of carbonyl (C=O) groups excluding carboxylic acids is 1. The third kappa shape index (κ3) is 4.09. The van der Waals surface area contributed by atoms with E-state index in [-0.39, 0.29) is 12.0 Å². The molecule has 0 bridgehead atoms. The SMILES string of the molecule is COc1ccc(-c2nc(CCNC(=O)C3CCCO3)cs2)cc1. The van der Waals surface area contributed by atoms with Gasteiger partial charge in [-0.1, -0.05) is 0 Å². The lowest BCUT2D eigenvalue weighted by molar-refractivity contribution is -0.129. The topological polar surface area (TPSA) is 60.5 Å². The average molecular weight is 332 g/mol. The number of ether oxygens (including phenoxy) is 2. The number of rotatable bonds is 6. The Morgan fingerprint density at radius 1 is 1.43 bits per heavy atom. The van der Waals surface area contributed by atoms with Crippen LogP contribution in [0.1, 0.15) is 18.5 Å². The molecule has 1 saturated heterocycles. The Morgan fingerprint density at radius 3 is 2.96 bits per heavy atom. The molecule has 1 fully saturated rings. The molecule has 1 aliphatic rings. The molecule has 3 rings (SSSR count). The number of aromatic nitrogens is 1. The highest BCUT2D eigenvalue weighted by atomic mass is 32.1. The molecule has 0 aliphatic carbocycles. The van der Waals surface area contributed by atoms with Crippen molar-refractivity contribution < 1.29 is 14.3 Å². The quantitative estimate of drug-likeness (QED) is 0.883. The molecule has 0 saturated carbocycles. The van der Waals surface area contributed by atoms with Gasteiger partial charge in [-0.05, 0) is 37.1 Å². The van der Waals surface area contributed by atoms with E-state index in [1.807, 2.05) is 29.6 Å². The van der Waals surface area contributed by atoms with Gasteiger partial charge in [-0.3, -0.25) is 4.79 Å². The molecule has 1 aromatic heterocycles. The first-order chi connectivity index (χ1) is 11.3. The predicted octanol–water partition coefficient (Wildman–Crippen LogP) is 2.66. The molecule has 122 valence electrons. The molecule has 23 heavy (non-hydrogen) atoms. The molecular weight excluding hydrogens is 312 g/mol. The number of amides is 1. The second-order valence-electron chi connectivity index (χ2n) is 5.42. The highest BCUT2D eigenvalue weighted by molar-refractivity contribution is 7.13. The fourth-order valence-electron chi connectivity index (χ4n) is 2.50. The first kappa shape index (κ1) is 16.0. The van der Waals surface area contributed by atoms with Gasteiger partial charge in [0.05, 0.1) is 12.8 Å². The number of thiazole rings is 1. The van der Waals surface area contributed by atoms with Crippen molar-refractivity contribution in [2.75, 3.05) is 20.3 Å². The Balaban J connectivity index is 1.51. The number of methoxy groups -OCH3 is 1.